The van der Waals surface area contributed by atoms with Crippen molar-refractivity contribution in [1.29, 1.82) is 0 Å². The molecule has 3 aromatic rings. The highest BCUT2D eigenvalue weighted by Crippen LogP contribution is 2.46. The van der Waals surface area contributed by atoms with Crippen molar-refractivity contribution in [3.63, 3.8) is 0 Å². The van der Waals surface area contributed by atoms with Crippen molar-refractivity contribution >= 4 is 23.5 Å². The predicted octanol–water partition coefficient (Wildman–Crippen LogP) is 4.20. The van der Waals surface area contributed by atoms with E-state index in [4.69, 9.17) is 14.7 Å². The van der Waals surface area contributed by atoms with Crippen LogP contribution in [0.25, 0.3) is 0 Å². The molecule has 2 aromatic heterocycles. The second kappa shape index (κ2) is 10.8. The van der Waals surface area contributed by atoms with Gasteiger partial charge in [-0.1, -0.05) is 42.3 Å². The molecule has 3 N–H and O–H groups in total. The van der Waals surface area contributed by atoms with Crippen molar-refractivity contribution in [2.75, 3.05) is 5.32 Å². The van der Waals surface area contributed by atoms with Gasteiger partial charge in [0, 0.05) is 18.9 Å². The molecule has 3 amide bonds. The third-order valence-electron chi connectivity index (χ3n) is 6.96. The summed E-state index contributed by atoms with van der Waals surface area (Å²) < 4.78 is 10.6. The van der Waals surface area contributed by atoms with E-state index in [0.29, 0.717) is 17.1 Å². The molecule has 1 atom stereocenters. The van der Waals surface area contributed by atoms with Crippen LogP contribution in [0.5, 0.6) is 0 Å². The van der Waals surface area contributed by atoms with Crippen molar-refractivity contribution in [2.45, 2.75) is 64.5 Å². The maximum Gasteiger partial charge on any atom is 0.248 e. The van der Waals surface area contributed by atoms with Crippen LogP contribution in [0.2, 0.25) is 0 Å². The lowest BCUT2D eigenvalue weighted by Crippen LogP contribution is -2.60. The highest BCUT2D eigenvalue weighted by molar-refractivity contribution is 5.95. The average Bonchev–Trinajstić information content (AvgIpc) is 3.62. The summed E-state index contributed by atoms with van der Waals surface area (Å²) in [6, 6.07) is 12.6. The van der Waals surface area contributed by atoms with E-state index in [1.54, 1.807) is 30.0 Å². The molecule has 1 saturated carbocycles. The van der Waals surface area contributed by atoms with E-state index in [1.165, 1.54) is 6.26 Å². The minimum atomic E-state index is -1.37. The lowest BCUT2D eigenvalue weighted by atomic mass is 9.73. The molecular formula is C27H32N4O5. The van der Waals surface area contributed by atoms with Crippen LogP contribution in [-0.4, -0.2) is 27.8 Å². The van der Waals surface area contributed by atoms with Crippen LogP contribution >= 0.6 is 0 Å². The van der Waals surface area contributed by atoms with Gasteiger partial charge in [-0.05, 0) is 55.9 Å². The van der Waals surface area contributed by atoms with E-state index in [9.17, 15) is 14.4 Å². The summed E-state index contributed by atoms with van der Waals surface area (Å²) in [6.45, 7) is 3.70. The number of carbonyl (C=O) groups is 3. The predicted molar refractivity (Wildman–Crippen MR) is 132 cm³/mol. The maximum atomic E-state index is 13.9. The summed E-state index contributed by atoms with van der Waals surface area (Å²) in [7, 11) is 0. The zero-order chi connectivity index (χ0) is 25.7. The van der Waals surface area contributed by atoms with Gasteiger partial charge in [0.05, 0.1) is 12.8 Å². The quantitative estimate of drug-likeness (QED) is 0.436. The van der Waals surface area contributed by atoms with Gasteiger partial charge in [-0.15, -0.1) is 0 Å². The fourth-order valence-corrected chi connectivity index (χ4v) is 5.35. The summed E-state index contributed by atoms with van der Waals surface area (Å²) >= 11 is 0. The van der Waals surface area contributed by atoms with Gasteiger partial charge in [-0.25, -0.2) is 0 Å². The molecule has 9 heteroatoms. The summed E-state index contributed by atoms with van der Waals surface area (Å²) in [6.07, 6.45) is 4.77. The van der Waals surface area contributed by atoms with Crippen molar-refractivity contribution in [3.05, 3.63) is 71.4 Å². The molecule has 1 aromatic carbocycles. The fourth-order valence-electron chi connectivity index (χ4n) is 5.35. The first kappa shape index (κ1) is 25.2. The number of furan rings is 1. The monoisotopic (exact) mass is 492 g/mol. The molecule has 1 aliphatic carbocycles. The lowest BCUT2D eigenvalue weighted by molar-refractivity contribution is -0.153. The number of primary amides is 1. The molecule has 1 aliphatic rings. The van der Waals surface area contributed by atoms with Crippen LogP contribution in [0.3, 0.4) is 0 Å². The Kier molecular flexibility index (Phi) is 7.57. The van der Waals surface area contributed by atoms with Crippen molar-refractivity contribution in [2.24, 2.45) is 11.7 Å². The Labute approximate surface area is 210 Å². The Bertz CT molecular complexity index is 1210. The van der Waals surface area contributed by atoms with E-state index in [0.717, 1.165) is 31.2 Å². The van der Waals surface area contributed by atoms with Crippen LogP contribution in [0, 0.1) is 19.8 Å². The van der Waals surface area contributed by atoms with E-state index in [-0.39, 0.29) is 42.9 Å². The Morgan fingerprint density at radius 2 is 1.86 bits per heavy atom. The lowest BCUT2D eigenvalue weighted by Gasteiger charge is -2.46. The van der Waals surface area contributed by atoms with Gasteiger partial charge in [0.1, 0.15) is 17.1 Å². The van der Waals surface area contributed by atoms with Gasteiger partial charge in [-0.3, -0.25) is 14.4 Å². The number of rotatable bonds is 10. The molecule has 1 unspecified atom stereocenters. The summed E-state index contributed by atoms with van der Waals surface area (Å²) in [5.41, 5.74) is 6.44. The molecule has 36 heavy (non-hydrogen) atoms. The summed E-state index contributed by atoms with van der Waals surface area (Å²) in [5.74, 6) is -0.0826. The maximum absolute atomic E-state index is 13.9. The second-order valence-corrected chi connectivity index (χ2v) is 9.36. The zero-order valence-corrected chi connectivity index (χ0v) is 20.7. The third-order valence-corrected chi connectivity index (χ3v) is 6.96. The molecular weight excluding hydrogens is 460 g/mol. The van der Waals surface area contributed by atoms with Crippen molar-refractivity contribution in [3.8, 4) is 0 Å². The first-order valence-corrected chi connectivity index (χ1v) is 12.2. The largest absolute Gasteiger partial charge is 0.467 e. The van der Waals surface area contributed by atoms with Gasteiger partial charge in [0.2, 0.25) is 17.7 Å². The fraction of sp³-hybridized carbons (Fsp3) is 0.407. The molecule has 0 spiro atoms. The van der Waals surface area contributed by atoms with Crippen LogP contribution in [-0.2, 0) is 26.5 Å². The summed E-state index contributed by atoms with van der Waals surface area (Å²) in [5, 5.41) is 6.39. The molecule has 0 radical (unpaired) electrons. The standard InChI is InChI=1S/C27H32N4O5/c1-18-8-3-6-12-22(18)27(26(28)34,20-9-4-5-10-20)31(17-21-11-7-15-35-21)25(33)14-13-24(32)29-23-16-19(2)36-30-23/h3,6-8,11-12,15-16,20H,4-5,9-10,13-14,17H2,1-2H3,(H2,28,34)(H,29,30,32). The minimum Gasteiger partial charge on any atom is -0.467 e. The van der Waals surface area contributed by atoms with E-state index in [1.807, 2.05) is 31.2 Å². The third kappa shape index (κ3) is 5.05. The number of nitrogens with zero attached hydrogens (tertiary/aromatic N) is 2. The van der Waals surface area contributed by atoms with Crippen molar-refractivity contribution in [1.82, 2.24) is 10.1 Å². The van der Waals surface area contributed by atoms with E-state index >= 15 is 0 Å². The molecule has 0 saturated heterocycles. The highest BCUT2D eigenvalue weighted by Gasteiger charge is 2.53. The minimum absolute atomic E-state index is 0.0592. The first-order valence-electron chi connectivity index (χ1n) is 12.2. The SMILES string of the molecule is Cc1cc(NC(=O)CCC(=O)N(Cc2ccco2)C(C(N)=O)(c2ccccc2C)C2CCCC2)no1. The number of anilines is 1. The number of hydrogen-bond acceptors (Lipinski definition) is 6. The van der Waals surface area contributed by atoms with Crippen LogP contribution in [0.4, 0.5) is 5.82 Å². The number of carbonyl (C=O) groups excluding carboxylic acids is 3. The Balaban J connectivity index is 1.70. The number of aryl methyl sites for hydroxylation is 2. The van der Waals surface area contributed by atoms with Crippen LogP contribution < -0.4 is 11.1 Å². The zero-order valence-electron chi connectivity index (χ0n) is 20.7. The van der Waals surface area contributed by atoms with Gasteiger partial charge in [0.15, 0.2) is 5.82 Å². The highest BCUT2D eigenvalue weighted by atomic mass is 16.5. The average molecular weight is 493 g/mol. The van der Waals surface area contributed by atoms with Crippen LogP contribution in [0.15, 0.2) is 57.7 Å². The Morgan fingerprint density at radius 1 is 1.11 bits per heavy atom. The van der Waals surface area contributed by atoms with E-state index < -0.39 is 11.4 Å². The number of nitrogens with one attached hydrogen (secondary N) is 1. The number of aromatic nitrogens is 1. The van der Waals surface area contributed by atoms with E-state index in [2.05, 4.69) is 10.5 Å². The number of amides is 3. The molecule has 4 rings (SSSR count). The Morgan fingerprint density at radius 3 is 2.47 bits per heavy atom. The molecule has 1 fully saturated rings. The first-order chi connectivity index (χ1) is 17.3. The molecule has 0 aliphatic heterocycles. The van der Waals surface area contributed by atoms with Gasteiger partial charge in [-0.2, -0.15) is 0 Å². The second-order valence-electron chi connectivity index (χ2n) is 9.36. The van der Waals surface area contributed by atoms with Gasteiger partial charge < -0.3 is 24.9 Å². The smallest absolute Gasteiger partial charge is 0.248 e. The number of benzene rings is 1. The van der Waals surface area contributed by atoms with Gasteiger partial charge in [0.25, 0.3) is 0 Å². The molecule has 190 valence electrons. The Hall–Kier alpha value is -3.88. The summed E-state index contributed by atoms with van der Waals surface area (Å²) in [4.78, 5) is 41.5. The topological polar surface area (TPSA) is 132 Å². The van der Waals surface area contributed by atoms with Crippen LogP contribution in [0.1, 0.15) is 61.2 Å². The number of hydrogen-bond donors (Lipinski definition) is 2. The van der Waals surface area contributed by atoms with Gasteiger partial charge >= 0.3 is 0 Å². The van der Waals surface area contributed by atoms with Crippen molar-refractivity contribution < 1.29 is 23.3 Å². The molecule has 9 nitrogen and oxygen atoms in total. The number of nitrogens with two attached hydrogens (primary N) is 1. The molecule has 0 bridgehead atoms. The molecule has 2 heterocycles. The normalized spacial score (nSPS) is 15.4.